The highest BCUT2D eigenvalue weighted by Gasteiger charge is 2.11. The summed E-state index contributed by atoms with van der Waals surface area (Å²) in [5, 5.41) is 18.6. The number of allylic oxidation sites excluding steroid dienone is 1. The number of H-pyrrole nitrogens is 1. The van der Waals surface area contributed by atoms with Crippen LogP contribution in [0.15, 0.2) is 48.5 Å². The molecule has 3 aromatic rings. The molecule has 0 saturated heterocycles. The fourth-order valence-electron chi connectivity index (χ4n) is 2.21. The lowest BCUT2D eigenvalue weighted by atomic mass is 10.0. The maximum Gasteiger partial charge on any atom is 0.336 e. The van der Waals surface area contributed by atoms with Gasteiger partial charge in [-0.1, -0.05) is 30.3 Å². The van der Waals surface area contributed by atoms with E-state index in [2.05, 4.69) is 16.0 Å². The lowest BCUT2D eigenvalue weighted by Crippen LogP contribution is -1.99. The minimum Gasteiger partial charge on any atom is -0.478 e. The van der Waals surface area contributed by atoms with Crippen LogP contribution >= 0.6 is 0 Å². The van der Waals surface area contributed by atoms with Gasteiger partial charge >= 0.3 is 5.97 Å². The van der Waals surface area contributed by atoms with Crippen LogP contribution in [0.5, 0.6) is 0 Å². The number of aromatic amines is 1. The van der Waals surface area contributed by atoms with Crippen LogP contribution in [-0.4, -0.2) is 21.0 Å². The molecule has 5 nitrogen and oxygen atoms in total. The van der Waals surface area contributed by atoms with Gasteiger partial charge in [0.1, 0.15) is 11.9 Å². The van der Waals surface area contributed by atoms with E-state index >= 15 is 0 Å². The molecule has 0 bridgehead atoms. The summed E-state index contributed by atoms with van der Waals surface area (Å²) in [6.07, 6.45) is 1.53. The van der Waals surface area contributed by atoms with Gasteiger partial charge in [-0.05, 0) is 29.8 Å². The third-order valence-electron chi connectivity index (χ3n) is 3.26. The number of para-hydroxylation sites is 2. The molecular weight excluding hydrogens is 278 g/mol. The standard InChI is InChI=1S/C17H11N3O2/c18-10-12(9-11-5-1-2-6-13(11)17(21)22)16-19-14-7-3-4-8-15(14)20-16/h1-9H,(H,19,20)(H,21,22)/b12-9-. The second-order valence-electron chi connectivity index (χ2n) is 4.66. The Hall–Kier alpha value is -3.39. The maximum absolute atomic E-state index is 11.2. The van der Waals surface area contributed by atoms with Crippen molar-refractivity contribution in [3.05, 3.63) is 65.5 Å². The maximum atomic E-state index is 11.2. The van der Waals surface area contributed by atoms with Crippen molar-refractivity contribution < 1.29 is 9.90 Å². The number of fused-ring (bicyclic) bond motifs is 1. The quantitative estimate of drug-likeness (QED) is 0.724. The van der Waals surface area contributed by atoms with E-state index in [4.69, 9.17) is 0 Å². The summed E-state index contributed by atoms with van der Waals surface area (Å²) in [4.78, 5) is 18.7. The molecule has 0 saturated carbocycles. The highest BCUT2D eigenvalue weighted by Crippen LogP contribution is 2.20. The number of carbonyl (C=O) groups is 1. The molecule has 1 heterocycles. The van der Waals surface area contributed by atoms with Gasteiger partial charge in [-0.2, -0.15) is 5.26 Å². The van der Waals surface area contributed by atoms with E-state index in [1.807, 2.05) is 24.3 Å². The Morgan fingerprint density at radius 2 is 1.91 bits per heavy atom. The van der Waals surface area contributed by atoms with Gasteiger partial charge in [0.05, 0.1) is 22.2 Å². The van der Waals surface area contributed by atoms with Crippen LogP contribution in [0, 0.1) is 11.3 Å². The number of nitriles is 1. The normalized spacial score (nSPS) is 11.3. The van der Waals surface area contributed by atoms with E-state index in [9.17, 15) is 15.2 Å². The number of benzene rings is 2. The van der Waals surface area contributed by atoms with Crippen molar-refractivity contribution in [3.8, 4) is 6.07 Å². The van der Waals surface area contributed by atoms with Crippen molar-refractivity contribution in [1.29, 1.82) is 5.26 Å². The summed E-state index contributed by atoms with van der Waals surface area (Å²) in [5.74, 6) is -0.613. The van der Waals surface area contributed by atoms with E-state index in [1.54, 1.807) is 18.2 Å². The Bertz CT molecular complexity index is 899. The number of carboxylic acid groups (broad SMARTS) is 1. The molecule has 0 spiro atoms. The zero-order valence-electron chi connectivity index (χ0n) is 11.4. The van der Waals surface area contributed by atoms with Crippen LogP contribution < -0.4 is 0 Å². The Morgan fingerprint density at radius 3 is 2.64 bits per heavy atom. The van der Waals surface area contributed by atoms with Gasteiger partial charge in [0, 0.05) is 0 Å². The fourth-order valence-corrected chi connectivity index (χ4v) is 2.21. The lowest BCUT2D eigenvalue weighted by Gasteiger charge is -2.01. The molecule has 2 N–H and O–H groups in total. The Balaban J connectivity index is 2.12. The lowest BCUT2D eigenvalue weighted by molar-refractivity contribution is 0.0696. The topological polar surface area (TPSA) is 89.8 Å². The monoisotopic (exact) mass is 289 g/mol. The van der Waals surface area contributed by atoms with Crippen molar-refractivity contribution in [3.63, 3.8) is 0 Å². The summed E-state index contributed by atoms with van der Waals surface area (Å²) < 4.78 is 0. The van der Waals surface area contributed by atoms with Gasteiger partial charge in [0.2, 0.25) is 0 Å². The van der Waals surface area contributed by atoms with Gasteiger partial charge in [-0.15, -0.1) is 0 Å². The van der Waals surface area contributed by atoms with Crippen LogP contribution in [-0.2, 0) is 0 Å². The molecule has 0 amide bonds. The number of carboxylic acids is 1. The van der Waals surface area contributed by atoms with E-state index in [0.29, 0.717) is 11.4 Å². The number of hydrogen-bond acceptors (Lipinski definition) is 3. The summed E-state index contributed by atoms with van der Waals surface area (Å²) in [7, 11) is 0. The summed E-state index contributed by atoms with van der Waals surface area (Å²) in [6.45, 7) is 0. The molecule has 5 heteroatoms. The van der Waals surface area contributed by atoms with Crippen LogP contribution in [0.1, 0.15) is 21.7 Å². The first kappa shape index (κ1) is 13.6. The molecule has 3 rings (SSSR count). The van der Waals surface area contributed by atoms with Gasteiger partial charge in [0.15, 0.2) is 0 Å². The summed E-state index contributed by atoms with van der Waals surface area (Å²) in [6, 6.07) is 16.0. The first-order valence-electron chi connectivity index (χ1n) is 6.58. The summed E-state index contributed by atoms with van der Waals surface area (Å²) in [5.41, 5.74) is 2.47. The zero-order valence-corrected chi connectivity index (χ0v) is 11.4. The molecule has 0 fully saturated rings. The van der Waals surface area contributed by atoms with Crippen LogP contribution in [0.4, 0.5) is 0 Å². The van der Waals surface area contributed by atoms with Crippen LogP contribution in [0.3, 0.4) is 0 Å². The molecule has 2 aromatic carbocycles. The predicted molar refractivity (Wildman–Crippen MR) is 83.0 cm³/mol. The third-order valence-corrected chi connectivity index (χ3v) is 3.26. The van der Waals surface area contributed by atoms with Crippen molar-refractivity contribution >= 4 is 28.7 Å². The minimum atomic E-state index is -1.03. The number of rotatable bonds is 3. The van der Waals surface area contributed by atoms with E-state index in [1.165, 1.54) is 12.1 Å². The number of nitrogens with zero attached hydrogens (tertiary/aromatic N) is 2. The van der Waals surface area contributed by atoms with Crippen molar-refractivity contribution in [2.24, 2.45) is 0 Å². The third kappa shape index (κ3) is 2.45. The number of aromatic carboxylic acids is 1. The van der Waals surface area contributed by atoms with Crippen LogP contribution in [0.25, 0.3) is 22.7 Å². The molecule has 106 valence electrons. The smallest absolute Gasteiger partial charge is 0.336 e. The van der Waals surface area contributed by atoms with Gasteiger partial charge < -0.3 is 10.1 Å². The Morgan fingerprint density at radius 1 is 1.18 bits per heavy atom. The molecule has 0 radical (unpaired) electrons. The number of imidazole rings is 1. The van der Waals surface area contributed by atoms with Gasteiger partial charge in [-0.25, -0.2) is 9.78 Å². The average molecular weight is 289 g/mol. The molecule has 0 aliphatic carbocycles. The minimum absolute atomic E-state index is 0.145. The van der Waals surface area contributed by atoms with Gasteiger partial charge in [0.25, 0.3) is 0 Å². The van der Waals surface area contributed by atoms with Crippen molar-refractivity contribution in [2.45, 2.75) is 0 Å². The van der Waals surface area contributed by atoms with Crippen molar-refractivity contribution in [2.75, 3.05) is 0 Å². The second kappa shape index (κ2) is 5.54. The van der Waals surface area contributed by atoms with E-state index in [0.717, 1.165) is 11.0 Å². The Kier molecular flexibility index (Phi) is 3.42. The van der Waals surface area contributed by atoms with Gasteiger partial charge in [-0.3, -0.25) is 0 Å². The highest BCUT2D eigenvalue weighted by molar-refractivity contribution is 5.97. The first-order valence-corrected chi connectivity index (χ1v) is 6.58. The molecule has 1 aromatic heterocycles. The van der Waals surface area contributed by atoms with E-state index < -0.39 is 5.97 Å². The average Bonchev–Trinajstić information content (AvgIpc) is 2.96. The molecule has 22 heavy (non-hydrogen) atoms. The fraction of sp³-hybridized carbons (Fsp3) is 0. The Labute approximate surface area is 126 Å². The van der Waals surface area contributed by atoms with Crippen LogP contribution in [0.2, 0.25) is 0 Å². The summed E-state index contributed by atoms with van der Waals surface area (Å²) >= 11 is 0. The molecule has 0 unspecified atom stereocenters. The SMILES string of the molecule is N#C/C(=C/c1ccccc1C(=O)O)c1nc2ccccc2[nH]1. The second-order valence-corrected chi connectivity index (χ2v) is 4.66. The predicted octanol–water partition coefficient (Wildman–Crippen LogP) is 3.33. The largest absolute Gasteiger partial charge is 0.478 e. The molecular formula is C17H11N3O2. The van der Waals surface area contributed by atoms with E-state index in [-0.39, 0.29) is 11.1 Å². The first-order chi connectivity index (χ1) is 10.7. The van der Waals surface area contributed by atoms with Crippen molar-refractivity contribution in [1.82, 2.24) is 9.97 Å². The molecule has 0 atom stereocenters. The highest BCUT2D eigenvalue weighted by atomic mass is 16.4. The number of aromatic nitrogens is 2. The number of nitrogens with one attached hydrogen (secondary N) is 1. The zero-order chi connectivity index (χ0) is 15.5. The number of hydrogen-bond donors (Lipinski definition) is 2. The molecule has 0 aliphatic rings. The molecule has 0 aliphatic heterocycles.